The predicted molar refractivity (Wildman–Crippen MR) is 110 cm³/mol. The van der Waals surface area contributed by atoms with Crippen molar-refractivity contribution in [3.8, 4) is 11.8 Å². The van der Waals surface area contributed by atoms with Gasteiger partial charge in [0.2, 0.25) is 0 Å². The molecule has 2 aromatic rings. The molecule has 0 atom stereocenters. The Kier molecular flexibility index (Phi) is 6.30. The fraction of sp³-hybridized carbons (Fsp3) is 0.524. The van der Waals surface area contributed by atoms with E-state index in [9.17, 15) is 9.18 Å². The van der Waals surface area contributed by atoms with Crippen molar-refractivity contribution >= 4 is 22.7 Å². The highest BCUT2D eigenvalue weighted by Crippen LogP contribution is 2.25. The first-order chi connectivity index (χ1) is 13.7. The van der Waals surface area contributed by atoms with E-state index in [2.05, 4.69) is 27.1 Å². The lowest BCUT2D eigenvalue weighted by Crippen LogP contribution is -2.26. The summed E-state index contributed by atoms with van der Waals surface area (Å²) >= 11 is 1.76. The van der Waals surface area contributed by atoms with Gasteiger partial charge in [-0.2, -0.15) is 11.8 Å². The second-order valence-electron chi connectivity index (χ2n) is 7.28. The van der Waals surface area contributed by atoms with Crippen molar-refractivity contribution in [2.24, 2.45) is 5.92 Å². The van der Waals surface area contributed by atoms with E-state index in [4.69, 9.17) is 4.74 Å². The molecule has 2 N–H and O–H groups in total. The normalized spacial score (nSPS) is 18.8. The lowest BCUT2D eigenvalue weighted by atomic mass is 9.98. The van der Waals surface area contributed by atoms with Crippen LogP contribution in [0.3, 0.4) is 0 Å². The molecule has 0 aliphatic carbocycles. The number of ether oxygens (including phenoxy) is 1. The van der Waals surface area contributed by atoms with Crippen molar-refractivity contribution < 1.29 is 9.13 Å². The number of halogens is 1. The van der Waals surface area contributed by atoms with Gasteiger partial charge in [0, 0.05) is 29.9 Å². The molecule has 0 amide bonds. The number of rotatable bonds is 3. The highest BCUT2D eigenvalue weighted by atomic mass is 32.2. The maximum absolute atomic E-state index is 14.5. The second kappa shape index (κ2) is 9.08. The van der Waals surface area contributed by atoms with Gasteiger partial charge in [-0.3, -0.25) is 4.79 Å². The van der Waals surface area contributed by atoms with Crippen LogP contribution in [0, 0.1) is 23.6 Å². The Hall–Kier alpha value is -1.88. The molecule has 2 aliphatic rings. The van der Waals surface area contributed by atoms with Crippen molar-refractivity contribution in [1.82, 2.24) is 15.3 Å². The number of aromatic amines is 1. The van der Waals surface area contributed by atoms with Gasteiger partial charge in [-0.15, -0.1) is 0 Å². The van der Waals surface area contributed by atoms with Crippen molar-refractivity contribution in [1.29, 1.82) is 0 Å². The van der Waals surface area contributed by atoms with Gasteiger partial charge in [-0.1, -0.05) is 11.8 Å². The number of benzene rings is 1. The first-order valence-corrected chi connectivity index (χ1v) is 10.9. The van der Waals surface area contributed by atoms with E-state index < -0.39 is 11.4 Å². The average Bonchev–Trinajstić information content (AvgIpc) is 2.72. The summed E-state index contributed by atoms with van der Waals surface area (Å²) in [5.74, 6) is 7.27. The van der Waals surface area contributed by atoms with Crippen LogP contribution in [0.1, 0.15) is 37.1 Å². The molecule has 0 bridgehead atoms. The number of nitrogens with one attached hydrogen (secondary N) is 2. The van der Waals surface area contributed by atoms with Gasteiger partial charge >= 0.3 is 0 Å². The first-order valence-electron chi connectivity index (χ1n) is 9.83. The van der Waals surface area contributed by atoms with Crippen LogP contribution in [-0.2, 0) is 10.5 Å². The van der Waals surface area contributed by atoms with E-state index in [1.54, 1.807) is 17.8 Å². The van der Waals surface area contributed by atoms with Crippen molar-refractivity contribution in [3.05, 3.63) is 39.7 Å². The van der Waals surface area contributed by atoms with E-state index >= 15 is 0 Å². The van der Waals surface area contributed by atoms with Crippen LogP contribution in [0.25, 0.3) is 10.9 Å². The number of H-pyrrole nitrogens is 1. The number of hydrogen-bond donors (Lipinski definition) is 2. The number of piperidine rings is 1. The molecule has 1 aromatic heterocycles. The molecule has 0 unspecified atom stereocenters. The zero-order valence-corrected chi connectivity index (χ0v) is 16.5. The molecule has 3 heterocycles. The summed E-state index contributed by atoms with van der Waals surface area (Å²) in [4.78, 5) is 19.6. The molecular formula is C21H24FN3O2S. The molecule has 148 valence electrons. The highest BCUT2D eigenvalue weighted by Gasteiger charge is 2.16. The number of hydrogen-bond acceptors (Lipinski definition) is 5. The molecule has 7 heteroatoms. The molecule has 2 saturated heterocycles. The average molecular weight is 402 g/mol. The maximum Gasteiger partial charge on any atom is 0.261 e. The quantitative estimate of drug-likeness (QED) is 0.775. The molecule has 0 saturated carbocycles. The third kappa shape index (κ3) is 4.75. The summed E-state index contributed by atoms with van der Waals surface area (Å²) in [6, 6.07) is 3.06. The Morgan fingerprint density at radius 2 is 2.00 bits per heavy atom. The third-order valence-corrected chi connectivity index (χ3v) is 6.58. The van der Waals surface area contributed by atoms with E-state index in [0.717, 1.165) is 52.0 Å². The largest absolute Gasteiger partial charge is 0.381 e. The minimum Gasteiger partial charge on any atom is -0.381 e. The van der Waals surface area contributed by atoms with Crippen LogP contribution >= 0.6 is 11.8 Å². The lowest BCUT2D eigenvalue weighted by Gasteiger charge is -2.21. The van der Waals surface area contributed by atoms with Crippen molar-refractivity contribution in [3.63, 3.8) is 0 Å². The van der Waals surface area contributed by atoms with Crippen LogP contribution in [-0.4, -0.2) is 41.5 Å². The molecule has 2 aliphatic heterocycles. The Labute approximate surface area is 167 Å². The molecule has 1 aromatic carbocycles. The first kappa shape index (κ1) is 19.4. The molecule has 0 radical (unpaired) electrons. The summed E-state index contributed by atoms with van der Waals surface area (Å²) in [7, 11) is 0. The fourth-order valence-electron chi connectivity index (χ4n) is 3.60. The van der Waals surface area contributed by atoms with Crippen LogP contribution in [0.4, 0.5) is 4.39 Å². The number of nitrogens with zero attached hydrogens (tertiary/aromatic N) is 1. The summed E-state index contributed by atoms with van der Waals surface area (Å²) in [6.45, 7) is 3.50. The molecular weight excluding hydrogens is 377 g/mol. The number of fused-ring (bicyclic) bond motifs is 1. The fourth-order valence-corrected chi connectivity index (χ4v) is 4.66. The van der Waals surface area contributed by atoms with Crippen LogP contribution in [0.15, 0.2) is 16.9 Å². The lowest BCUT2D eigenvalue weighted by molar-refractivity contribution is 0.1000. The number of thioether (sulfide) groups is 1. The topological polar surface area (TPSA) is 67.0 Å². The molecule has 2 fully saturated rings. The van der Waals surface area contributed by atoms with Gasteiger partial charge < -0.3 is 15.0 Å². The molecule has 4 rings (SSSR count). The van der Waals surface area contributed by atoms with Crippen LogP contribution in [0.2, 0.25) is 0 Å². The van der Waals surface area contributed by atoms with Gasteiger partial charge in [0.1, 0.15) is 17.0 Å². The van der Waals surface area contributed by atoms with Gasteiger partial charge in [-0.25, -0.2) is 9.37 Å². The smallest absolute Gasteiger partial charge is 0.261 e. The Balaban J connectivity index is 1.56. The monoisotopic (exact) mass is 401 g/mol. The predicted octanol–water partition coefficient (Wildman–Crippen LogP) is 2.83. The van der Waals surface area contributed by atoms with E-state index in [-0.39, 0.29) is 5.39 Å². The minimum atomic E-state index is -0.565. The van der Waals surface area contributed by atoms with E-state index in [1.165, 1.54) is 6.07 Å². The molecule has 5 nitrogen and oxygen atoms in total. The zero-order chi connectivity index (χ0) is 19.3. The van der Waals surface area contributed by atoms with Gasteiger partial charge in [0.25, 0.3) is 5.56 Å². The highest BCUT2D eigenvalue weighted by molar-refractivity contribution is 7.99. The van der Waals surface area contributed by atoms with Gasteiger partial charge in [-0.05, 0) is 50.9 Å². The molecule has 0 spiro atoms. The SMILES string of the molecule is O=c1[nH]c(CSC2CCOCC2)nc2cc(C#CC3CCNCC3)cc(F)c12. The van der Waals surface area contributed by atoms with Crippen LogP contribution in [0.5, 0.6) is 0 Å². The van der Waals surface area contributed by atoms with E-state index in [0.29, 0.717) is 33.8 Å². The van der Waals surface area contributed by atoms with Crippen molar-refractivity contribution in [2.45, 2.75) is 36.7 Å². The standard InChI is InChI=1S/C21H24FN3O2S/c22-17-11-15(2-1-14-3-7-23-8-4-14)12-18-20(17)21(26)25-19(24-18)13-28-16-5-9-27-10-6-16/h11-12,14,16,23H,3-10,13H2,(H,24,25,26). The van der Waals surface area contributed by atoms with Crippen molar-refractivity contribution in [2.75, 3.05) is 26.3 Å². The summed E-state index contributed by atoms with van der Waals surface area (Å²) in [5.41, 5.74) is 0.522. The van der Waals surface area contributed by atoms with Gasteiger partial charge in [0.05, 0.1) is 11.3 Å². The Morgan fingerprint density at radius 3 is 2.79 bits per heavy atom. The van der Waals surface area contributed by atoms with Crippen LogP contribution < -0.4 is 10.9 Å². The Bertz CT molecular complexity index is 954. The van der Waals surface area contributed by atoms with Gasteiger partial charge in [0.15, 0.2) is 0 Å². The maximum atomic E-state index is 14.5. The number of aromatic nitrogens is 2. The minimum absolute atomic E-state index is 0.00670. The third-order valence-electron chi connectivity index (χ3n) is 5.19. The second-order valence-corrected chi connectivity index (χ2v) is 8.57. The summed E-state index contributed by atoms with van der Waals surface area (Å²) in [5, 5.41) is 3.82. The van der Waals surface area contributed by atoms with E-state index in [1.807, 2.05) is 0 Å². The summed E-state index contributed by atoms with van der Waals surface area (Å²) in [6.07, 6.45) is 4.03. The molecule has 28 heavy (non-hydrogen) atoms. The summed E-state index contributed by atoms with van der Waals surface area (Å²) < 4.78 is 19.9. The zero-order valence-electron chi connectivity index (χ0n) is 15.7. The Morgan fingerprint density at radius 1 is 1.21 bits per heavy atom.